The van der Waals surface area contributed by atoms with Gasteiger partial charge in [-0.1, -0.05) is 12.1 Å². The summed E-state index contributed by atoms with van der Waals surface area (Å²) in [5, 5.41) is 3.01. The van der Waals surface area contributed by atoms with E-state index in [0.29, 0.717) is 29.2 Å². The Morgan fingerprint density at radius 2 is 2.24 bits per heavy atom. The van der Waals surface area contributed by atoms with Crippen LogP contribution in [0.4, 0.5) is 4.39 Å². The fourth-order valence-corrected chi connectivity index (χ4v) is 1.62. The summed E-state index contributed by atoms with van der Waals surface area (Å²) in [5.41, 5.74) is 1.07. The highest BCUT2D eigenvalue weighted by Gasteiger charge is 2.11. The van der Waals surface area contributed by atoms with Gasteiger partial charge in [0.2, 0.25) is 0 Å². The number of likely N-dealkylation sites (N-methyl/N-ethyl adjacent to an activating group) is 1. The van der Waals surface area contributed by atoms with E-state index < -0.39 is 0 Å². The van der Waals surface area contributed by atoms with Gasteiger partial charge in [0.15, 0.2) is 11.7 Å². The molecule has 0 atom stereocenters. The SMILES string of the molecule is CNCCc1ncc(-c2cccc(C)c2F)o1. The molecule has 0 amide bonds. The molecule has 2 aromatic rings. The smallest absolute Gasteiger partial charge is 0.196 e. The number of rotatable bonds is 4. The molecule has 1 aromatic carbocycles. The third-order valence-electron chi connectivity index (χ3n) is 2.60. The number of hydrogen-bond acceptors (Lipinski definition) is 3. The Bertz CT molecular complexity index is 508. The van der Waals surface area contributed by atoms with Crippen molar-refractivity contribution in [2.24, 2.45) is 0 Å². The number of halogens is 1. The first kappa shape index (κ1) is 11.8. The van der Waals surface area contributed by atoms with Crippen molar-refractivity contribution in [3.8, 4) is 11.3 Å². The number of aryl methyl sites for hydroxylation is 1. The molecule has 0 radical (unpaired) electrons. The van der Waals surface area contributed by atoms with Crippen molar-refractivity contribution in [3.63, 3.8) is 0 Å². The Labute approximate surface area is 99.7 Å². The van der Waals surface area contributed by atoms with E-state index in [1.54, 1.807) is 25.3 Å². The number of oxazole rings is 1. The van der Waals surface area contributed by atoms with Crippen LogP contribution in [-0.2, 0) is 6.42 Å². The second-order valence-corrected chi connectivity index (χ2v) is 3.91. The van der Waals surface area contributed by atoms with E-state index in [2.05, 4.69) is 10.3 Å². The van der Waals surface area contributed by atoms with Crippen LogP contribution in [0, 0.1) is 12.7 Å². The van der Waals surface area contributed by atoms with Crippen LogP contribution in [0.25, 0.3) is 11.3 Å². The van der Waals surface area contributed by atoms with Gasteiger partial charge in [0.05, 0.1) is 11.8 Å². The minimum Gasteiger partial charge on any atom is -0.441 e. The molecule has 17 heavy (non-hydrogen) atoms. The maximum Gasteiger partial charge on any atom is 0.196 e. The van der Waals surface area contributed by atoms with Crippen molar-refractivity contribution in [3.05, 3.63) is 41.7 Å². The molecule has 0 saturated carbocycles. The summed E-state index contributed by atoms with van der Waals surface area (Å²) in [5.74, 6) is 0.858. The summed E-state index contributed by atoms with van der Waals surface area (Å²) in [6.07, 6.45) is 2.27. The number of aromatic nitrogens is 1. The molecule has 1 heterocycles. The molecular weight excluding hydrogens is 219 g/mol. The van der Waals surface area contributed by atoms with Crippen LogP contribution in [0.5, 0.6) is 0 Å². The quantitative estimate of drug-likeness (QED) is 0.883. The first-order valence-corrected chi connectivity index (χ1v) is 5.57. The van der Waals surface area contributed by atoms with Crippen molar-refractivity contribution < 1.29 is 8.81 Å². The zero-order chi connectivity index (χ0) is 12.3. The standard InChI is InChI=1S/C13H15FN2O/c1-9-4-3-5-10(13(9)14)11-8-16-12(17-11)6-7-15-2/h3-5,8,15H,6-7H2,1-2H3. The number of nitrogens with zero attached hydrogens (tertiary/aromatic N) is 1. The summed E-state index contributed by atoms with van der Waals surface area (Å²) in [6.45, 7) is 2.52. The summed E-state index contributed by atoms with van der Waals surface area (Å²) >= 11 is 0. The Morgan fingerprint density at radius 3 is 3.00 bits per heavy atom. The summed E-state index contributed by atoms with van der Waals surface area (Å²) < 4.78 is 19.4. The molecule has 3 nitrogen and oxygen atoms in total. The molecule has 0 fully saturated rings. The molecule has 0 bridgehead atoms. The van der Waals surface area contributed by atoms with Crippen LogP contribution in [0.1, 0.15) is 11.5 Å². The van der Waals surface area contributed by atoms with E-state index in [4.69, 9.17) is 4.42 Å². The minimum atomic E-state index is -0.246. The maximum absolute atomic E-state index is 13.8. The van der Waals surface area contributed by atoms with Crippen molar-refractivity contribution in [1.29, 1.82) is 0 Å². The third-order valence-corrected chi connectivity index (χ3v) is 2.60. The lowest BCUT2D eigenvalue weighted by Crippen LogP contribution is -2.10. The number of hydrogen-bond donors (Lipinski definition) is 1. The van der Waals surface area contributed by atoms with Crippen LogP contribution in [0.15, 0.2) is 28.8 Å². The maximum atomic E-state index is 13.8. The molecular formula is C13H15FN2O. The molecule has 0 saturated heterocycles. The molecule has 90 valence electrons. The Hall–Kier alpha value is -1.68. The third kappa shape index (κ3) is 2.53. The van der Waals surface area contributed by atoms with E-state index >= 15 is 0 Å². The van der Waals surface area contributed by atoms with Crippen LogP contribution in [0.2, 0.25) is 0 Å². The van der Waals surface area contributed by atoms with E-state index in [0.717, 1.165) is 6.54 Å². The minimum absolute atomic E-state index is 0.246. The molecule has 2 rings (SSSR count). The van der Waals surface area contributed by atoms with E-state index in [1.165, 1.54) is 0 Å². The van der Waals surface area contributed by atoms with Gasteiger partial charge < -0.3 is 9.73 Å². The Kier molecular flexibility index (Phi) is 3.54. The highest BCUT2D eigenvalue weighted by Crippen LogP contribution is 2.25. The monoisotopic (exact) mass is 234 g/mol. The highest BCUT2D eigenvalue weighted by atomic mass is 19.1. The average Bonchev–Trinajstić information content (AvgIpc) is 2.78. The molecule has 0 aliphatic carbocycles. The number of benzene rings is 1. The van der Waals surface area contributed by atoms with Gasteiger partial charge >= 0.3 is 0 Å². The first-order chi connectivity index (χ1) is 8.22. The van der Waals surface area contributed by atoms with E-state index in [1.807, 2.05) is 13.1 Å². The molecule has 0 aliphatic rings. The van der Waals surface area contributed by atoms with Crippen LogP contribution < -0.4 is 5.32 Å². The topological polar surface area (TPSA) is 38.1 Å². The Balaban J connectivity index is 2.27. The molecule has 1 aromatic heterocycles. The summed E-state index contributed by atoms with van der Waals surface area (Å²) in [7, 11) is 1.87. The molecule has 1 N–H and O–H groups in total. The van der Waals surface area contributed by atoms with Crippen molar-refractivity contribution >= 4 is 0 Å². The van der Waals surface area contributed by atoms with Gasteiger partial charge in [0, 0.05) is 13.0 Å². The predicted octanol–water partition coefficient (Wildman–Crippen LogP) is 2.55. The average molecular weight is 234 g/mol. The van der Waals surface area contributed by atoms with Crippen LogP contribution in [0.3, 0.4) is 0 Å². The van der Waals surface area contributed by atoms with Crippen molar-refractivity contribution in [2.75, 3.05) is 13.6 Å². The van der Waals surface area contributed by atoms with Crippen molar-refractivity contribution in [1.82, 2.24) is 10.3 Å². The van der Waals surface area contributed by atoms with Gasteiger partial charge in [-0.25, -0.2) is 9.37 Å². The zero-order valence-electron chi connectivity index (χ0n) is 9.96. The van der Waals surface area contributed by atoms with Gasteiger partial charge in [-0.05, 0) is 25.6 Å². The fourth-order valence-electron chi connectivity index (χ4n) is 1.62. The highest BCUT2D eigenvalue weighted by molar-refractivity contribution is 5.58. The first-order valence-electron chi connectivity index (χ1n) is 5.57. The summed E-state index contributed by atoms with van der Waals surface area (Å²) in [4.78, 5) is 4.13. The fraction of sp³-hybridized carbons (Fsp3) is 0.308. The lowest BCUT2D eigenvalue weighted by Gasteiger charge is -2.01. The van der Waals surface area contributed by atoms with Gasteiger partial charge in [0.25, 0.3) is 0 Å². The molecule has 0 unspecified atom stereocenters. The lowest BCUT2D eigenvalue weighted by atomic mass is 10.1. The Morgan fingerprint density at radius 1 is 1.41 bits per heavy atom. The van der Waals surface area contributed by atoms with Crippen LogP contribution in [-0.4, -0.2) is 18.6 Å². The van der Waals surface area contributed by atoms with Gasteiger partial charge in [-0.15, -0.1) is 0 Å². The molecule has 0 aliphatic heterocycles. The van der Waals surface area contributed by atoms with Crippen molar-refractivity contribution in [2.45, 2.75) is 13.3 Å². The molecule has 0 spiro atoms. The lowest BCUT2D eigenvalue weighted by molar-refractivity contribution is 0.497. The second kappa shape index (κ2) is 5.10. The second-order valence-electron chi connectivity index (χ2n) is 3.91. The van der Waals surface area contributed by atoms with E-state index in [9.17, 15) is 4.39 Å². The van der Waals surface area contributed by atoms with Crippen LogP contribution >= 0.6 is 0 Å². The summed E-state index contributed by atoms with van der Waals surface area (Å²) in [6, 6.07) is 5.24. The van der Waals surface area contributed by atoms with E-state index in [-0.39, 0.29) is 5.82 Å². The molecule has 4 heteroatoms. The van der Waals surface area contributed by atoms with Gasteiger partial charge in [-0.3, -0.25) is 0 Å². The van der Waals surface area contributed by atoms with Gasteiger partial charge in [0.1, 0.15) is 5.82 Å². The largest absolute Gasteiger partial charge is 0.441 e. The normalized spacial score (nSPS) is 10.8. The predicted molar refractivity (Wildman–Crippen MR) is 64.3 cm³/mol. The van der Waals surface area contributed by atoms with Gasteiger partial charge in [-0.2, -0.15) is 0 Å². The zero-order valence-corrected chi connectivity index (χ0v) is 9.96. The number of nitrogens with one attached hydrogen (secondary N) is 1.